The van der Waals surface area contributed by atoms with Gasteiger partial charge in [-0.1, -0.05) is 74.8 Å². The Morgan fingerprint density at radius 2 is 1.74 bits per heavy atom. The van der Waals surface area contributed by atoms with E-state index in [1.165, 1.54) is 5.56 Å². The summed E-state index contributed by atoms with van der Waals surface area (Å²) in [5, 5.41) is 3.54. The molecule has 5 nitrogen and oxygen atoms in total. The molecule has 6 heteroatoms. The van der Waals surface area contributed by atoms with E-state index in [1.807, 2.05) is 67.6 Å². The number of nitrogens with one attached hydrogen (secondary N) is 1. The van der Waals surface area contributed by atoms with Gasteiger partial charge in [-0.3, -0.25) is 19.5 Å². The van der Waals surface area contributed by atoms with Gasteiger partial charge < -0.3 is 5.32 Å². The molecular weight excluding hydrogens is 458 g/mol. The third-order valence-corrected chi connectivity index (χ3v) is 6.52. The van der Waals surface area contributed by atoms with Crippen LogP contribution in [0.5, 0.6) is 0 Å². The molecule has 3 aromatic carbocycles. The zero-order chi connectivity index (χ0) is 25.1. The second-order valence-electron chi connectivity index (χ2n) is 9.08. The minimum absolute atomic E-state index is 0.225. The van der Waals surface area contributed by atoms with Crippen LogP contribution in [0.15, 0.2) is 77.8 Å². The van der Waals surface area contributed by atoms with Gasteiger partial charge in [-0.25, -0.2) is 0 Å². The van der Waals surface area contributed by atoms with Crippen LogP contribution in [0.4, 0.5) is 11.4 Å². The predicted molar refractivity (Wildman–Crippen MR) is 144 cm³/mol. The van der Waals surface area contributed by atoms with E-state index in [-0.39, 0.29) is 11.8 Å². The van der Waals surface area contributed by atoms with Crippen LogP contribution in [0, 0.1) is 0 Å². The molecule has 0 unspecified atom stereocenters. The summed E-state index contributed by atoms with van der Waals surface area (Å²) in [6, 6.07) is 21.5. The fourth-order valence-corrected chi connectivity index (χ4v) is 4.53. The lowest BCUT2D eigenvalue weighted by molar-refractivity contribution is -0.124. The van der Waals surface area contributed by atoms with Crippen LogP contribution in [0.3, 0.4) is 0 Å². The van der Waals surface area contributed by atoms with Crippen molar-refractivity contribution in [2.45, 2.75) is 52.1 Å². The molecule has 0 aromatic heterocycles. The van der Waals surface area contributed by atoms with Gasteiger partial charge in [-0.05, 0) is 55.2 Å². The summed E-state index contributed by atoms with van der Waals surface area (Å²) in [6.45, 7) is 7.93. The van der Waals surface area contributed by atoms with E-state index in [0.29, 0.717) is 34.4 Å². The van der Waals surface area contributed by atoms with E-state index >= 15 is 0 Å². The van der Waals surface area contributed by atoms with Crippen molar-refractivity contribution in [3.05, 3.63) is 94.5 Å². The molecule has 3 aromatic rings. The minimum atomic E-state index is -0.708. The molecule has 0 saturated heterocycles. The van der Waals surface area contributed by atoms with Crippen LogP contribution in [-0.4, -0.2) is 29.6 Å². The van der Waals surface area contributed by atoms with Crippen LogP contribution >= 0.6 is 11.6 Å². The number of halogens is 1. The molecule has 0 fully saturated rings. The molecule has 180 valence electrons. The van der Waals surface area contributed by atoms with Gasteiger partial charge in [0.05, 0.1) is 11.4 Å². The third-order valence-electron chi connectivity index (χ3n) is 6.28. The van der Waals surface area contributed by atoms with Crippen molar-refractivity contribution >= 4 is 40.5 Å². The molecule has 0 aliphatic carbocycles. The summed E-state index contributed by atoms with van der Waals surface area (Å²) in [5.41, 5.74) is 4.83. The van der Waals surface area contributed by atoms with Crippen molar-refractivity contribution < 1.29 is 9.59 Å². The maximum atomic E-state index is 13.7. The first kappa shape index (κ1) is 24.7. The van der Waals surface area contributed by atoms with E-state index in [4.69, 9.17) is 16.6 Å². The summed E-state index contributed by atoms with van der Waals surface area (Å²) in [4.78, 5) is 33.5. The Morgan fingerprint density at radius 1 is 1.06 bits per heavy atom. The largest absolute Gasteiger partial charge is 0.324 e. The Kier molecular flexibility index (Phi) is 7.37. The lowest BCUT2D eigenvalue weighted by Gasteiger charge is -2.31. The van der Waals surface area contributed by atoms with Crippen LogP contribution in [0.25, 0.3) is 0 Å². The average molecular weight is 488 g/mol. The van der Waals surface area contributed by atoms with Gasteiger partial charge in [0.1, 0.15) is 12.1 Å². The summed E-state index contributed by atoms with van der Waals surface area (Å²) >= 11 is 6.38. The molecule has 1 aliphatic rings. The van der Waals surface area contributed by atoms with Gasteiger partial charge in [-0.2, -0.15) is 0 Å². The number of hydrogen-bond donors (Lipinski definition) is 1. The number of rotatable bonds is 6. The second-order valence-corrected chi connectivity index (χ2v) is 9.52. The zero-order valence-corrected chi connectivity index (χ0v) is 21.2. The Labute approximate surface area is 211 Å². The third kappa shape index (κ3) is 5.15. The quantitative estimate of drug-likeness (QED) is 0.434. The highest BCUT2D eigenvalue weighted by Gasteiger charge is 2.37. The Morgan fingerprint density at radius 3 is 2.37 bits per heavy atom. The molecule has 0 bridgehead atoms. The van der Waals surface area contributed by atoms with E-state index < -0.39 is 12.1 Å². The smallest absolute Gasteiger partial charge is 0.252 e. The van der Waals surface area contributed by atoms with Crippen molar-refractivity contribution in [3.63, 3.8) is 0 Å². The minimum Gasteiger partial charge on any atom is -0.324 e. The summed E-state index contributed by atoms with van der Waals surface area (Å²) < 4.78 is 0. The Hall–Kier alpha value is -3.44. The van der Waals surface area contributed by atoms with Gasteiger partial charge in [0, 0.05) is 21.8 Å². The van der Waals surface area contributed by atoms with Gasteiger partial charge in [0.2, 0.25) is 5.91 Å². The predicted octanol–water partition coefficient (Wildman–Crippen LogP) is 6.45. The number of fused-ring (bicyclic) bond motifs is 1. The number of anilines is 2. The molecule has 2 amide bonds. The lowest BCUT2D eigenvalue weighted by Crippen LogP contribution is -2.50. The number of benzene rings is 3. The first-order valence-corrected chi connectivity index (χ1v) is 12.3. The first-order valence-electron chi connectivity index (χ1n) is 12.0. The SMILES string of the molecule is CC[C@H](C(=O)Nc1ccc(C(C)C)cc1)N1C(=O)[C@H](C)N=C(c2ccccc2)c2cc(Cl)ccc21. The molecule has 4 rings (SSSR count). The maximum absolute atomic E-state index is 13.7. The monoisotopic (exact) mass is 487 g/mol. The summed E-state index contributed by atoms with van der Waals surface area (Å²) in [7, 11) is 0. The molecule has 0 saturated carbocycles. The van der Waals surface area contributed by atoms with E-state index in [0.717, 1.165) is 11.1 Å². The van der Waals surface area contributed by atoms with Crippen molar-refractivity contribution in [3.8, 4) is 0 Å². The molecule has 0 spiro atoms. The standard InChI is InChI=1S/C29H30ClN3O2/c1-5-25(28(34)32-23-14-11-20(12-15-23)18(2)3)33-26-16-13-22(30)17-24(26)27(31-19(4)29(33)35)21-9-7-6-8-10-21/h6-19,25H,5H2,1-4H3,(H,32,34)/t19-,25+/m0/s1. The van der Waals surface area contributed by atoms with Gasteiger partial charge in [0.15, 0.2) is 0 Å². The number of benzodiazepines with no additional fused rings is 1. The number of carbonyl (C=O) groups excluding carboxylic acids is 2. The number of nitrogens with zero attached hydrogens (tertiary/aromatic N) is 2. The van der Waals surface area contributed by atoms with Crippen molar-refractivity contribution in [1.82, 2.24) is 0 Å². The highest BCUT2D eigenvalue weighted by molar-refractivity contribution is 6.32. The van der Waals surface area contributed by atoms with Crippen molar-refractivity contribution in [2.24, 2.45) is 4.99 Å². The summed E-state index contributed by atoms with van der Waals surface area (Å²) in [5.74, 6) is -0.0624. The summed E-state index contributed by atoms with van der Waals surface area (Å²) in [6.07, 6.45) is 0.442. The van der Waals surface area contributed by atoms with E-state index in [2.05, 4.69) is 19.2 Å². The highest BCUT2D eigenvalue weighted by atomic mass is 35.5. The normalized spacial score (nSPS) is 16.4. The molecule has 0 radical (unpaired) electrons. The number of hydrogen-bond acceptors (Lipinski definition) is 3. The van der Waals surface area contributed by atoms with Crippen LogP contribution < -0.4 is 10.2 Å². The Balaban J connectivity index is 1.74. The zero-order valence-electron chi connectivity index (χ0n) is 20.5. The van der Waals surface area contributed by atoms with Crippen LogP contribution in [0.2, 0.25) is 5.02 Å². The fourth-order valence-electron chi connectivity index (χ4n) is 4.36. The first-order chi connectivity index (χ1) is 16.8. The van der Waals surface area contributed by atoms with Crippen molar-refractivity contribution in [1.29, 1.82) is 0 Å². The number of aliphatic imine (C=N–C) groups is 1. The van der Waals surface area contributed by atoms with Gasteiger partial charge >= 0.3 is 0 Å². The van der Waals surface area contributed by atoms with E-state index in [1.54, 1.807) is 24.0 Å². The number of amides is 2. The topological polar surface area (TPSA) is 61.8 Å². The van der Waals surface area contributed by atoms with Crippen LogP contribution in [0.1, 0.15) is 56.7 Å². The Bertz CT molecular complexity index is 1250. The van der Waals surface area contributed by atoms with Gasteiger partial charge in [-0.15, -0.1) is 0 Å². The van der Waals surface area contributed by atoms with Crippen LogP contribution in [-0.2, 0) is 9.59 Å². The fraction of sp³-hybridized carbons (Fsp3) is 0.276. The molecule has 1 aliphatic heterocycles. The average Bonchev–Trinajstić information content (AvgIpc) is 2.95. The van der Waals surface area contributed by atoms with Gasteiger partial charge in [0.25, 0.3) is 5.91 Å². The molecular formula is C29H30ClN3O2. The molecule has 1 heterocycles. The molecule has 35 heavy (non-hydrogen) atoms. The molecule has 2 atom stereocenters. The van der Waals surface area contributed by atoms with E-state index in [9.17, 15) is 9.59 Å². The lowest BCUT2D eigenvalue weighted by atomic mass is 9.99. The van der Waals surface area contributed by atoms with Crippen molar-refractivity contribution in [2.75, 3.05) is 10.2 Å². The maximum Gasteiger partial charge on any atom is 0.252 e. The highest BCUT2D eigenvalue weighted by Crippen LogP contribution is 2.33. The molecule has 1 N–H and O–H groups in total. The number of carbonyl (C=O) groups is 2. The second kappa shape index (κ2) is 10.4.